The molecule has 0 aromatic heterocycles. The highest BCUT2D eigenvalue weighted by Crippen LogP contribution is 2.16. The quantitative estimate of drug-likeness (QED) is 0.152. The molecule has 0 saturated carbocycles. The third-order valence-corrected chi connectivity index (χ3v) is 6.46. The molecular formula is C30H50N4O4. The molecule has 8 heteroatoms. The van der Waals surface area contributed by atoms with E-state index in [1.54, 1.807) is 0 Å². The van der Waals surface area contributed by atoms with Crippen molar-refractivity contribution >= 4 is 23.6 Å². The van der Waals surface area contributed by atoms with Gasteiger partial charge in [-0.2, -0.15) is 0 Å². The Bertz CT molecular complexity index is 749. The van der Waals surface area contributed by atoms with Gasteiger partial charge in [0.25, 0.3) is 0 Å². The third kappa shape index (κ3) is 13.1. The molecule has 1 aromatic carbocycles. The molecule has 0 bridgehead atoms. The monoisotopic (exact) mass is 530 g/mol. The van der Waals surface area contributed by atoms with Crippen molar-refractivity contribution < 1.29 is 19.2 Å². The van der Waals surface area contributed by atoms with Crippen molar-refractivity contribution in [2.24, 2.45) is 11.8 Å². The zero-order valence-corrected chi connectivity index (χ0v) is 24.0. The van der Waals surface area contributed by atoms with E-state index in [2.05, 4.69) is 21.3 Å². The number of unbranched alkanes of at least 4 members (excludes halogenated alkanes) is 4. The number of hydrogen-bond acceptors (Lipinski definition) is 4. The van der Waals surface area contributed by atoms with Crippen molar-refractivity contribution in [2.75, 3.05) is 26.2 Å². The summed E-state index contributed by atoms with van der Waals surface area (Å²) in [4.78, 5) is 51.6. The van der Waals surface area contributed by atoms with Gasteiger partial charge < -0.3 is 21.3 Å². The highest BCUT2D eigenvalue weighted by atomic mass is 16.2. The summed E-state index contributed by atoms with van der Waals surface area (Å²) in [5.41, 5.74) is 1.64. The highest BCUT2D eigenvalue weighted by Gasteiger charge is 2.28. The van der Waals surface area contributed by atoms with Gasteiger partial charge in [0.05, 0.1) is 0 Å². The van der Waals surface area contributed by atoms with Crippen LogP contribution in [0.5, 0.6) is 0 Å². The molecule has 38 heavy (non-hydrogen) atoms. The van der Waals surface area contributed by atoms with Crippen molar-refractivity contribution in [3.63, 3.8) is 0 Å². The van der Waals surface area contributed by atoms with E-state index >= 15 is 0 Å². The zero-order valence-electron chi connectivity index (χ0n) is 24.0. The summed E-state index contributed by atoms with van der Waals surface area (Å²) in [6.45, 7) is 10.3. The second-order valence-corrected chi connectivity index (χ2v) is 9.91. The first-order valence-electron chi connectivity index (χ1n) is 14.6. The molecule has 0 radical (unpaired) electrons. The summed E-state index contributed by atoms with van der Waals surface area (Å²) in [5.74, 6) is -2.79. The maximum absolute atomic E-state index is 12.9. The second-order valence-electron chi connectivity index (χ2n) is 9.91. The standard InChI is InChI=1S/C30H50N4O4/c1-5-9-16-31-27(35)25(28(36)32-17-10-6-2)21-23-14-13-15-24(20-23)22-26(29(37)33-18-11-7-3)30(38)34-19-12-8-4/h13-15,20,25-26H,5-12,16-19,21-22H2,1-4H3,(H,31,35)(H,32,36)(H,33,37)(H,34,38). The van der Waals surface area contributed by atoms with Crippen LogP contribution in [0.3, 0.4) is 0 Å². The van der Waals surface area contributed by atoms with Crippen molar-refractivity contribution in [2.45, 2.75) is 91.9 Å². The minimum absolute atomic E-state index is 0.250. The van der Waals surface area contributed by atoms with E-state index in [1.165, 1.54) is 0 Å². The van der Waals surface area contributed by atoms with Crippen LogP contribution in [-0.4, -0.2) is 49.8 Å². The van der Waals surface area contributed by atoms with Crippen LogP contribution in [0.15, 0.2) is 24.3 Å². The molecular weight excluding hydrogens is 480 g/mol. The van der Waals surface area contributed by atoms with E-state index in [0.717, 1.165) is 62.5 Å². The van der Waals surface area contributed by atoms with Crippen LogP contribution in [0.25, 0.3) is 0 Å². The molecule has 0 aliphatic rings. The van der Waals surface area contributed by atoms with Crippen molar-refractivity contribution in [1.29, 1.82) is 0 Å². The van der Waals surface area contributed by atoms with Crippen LogP contribution in [0.2, 0.25) is 0 Å². The van der Waals surface area contributed by atoms with E-state index in [9.17, 15) is 19.2 Å². The van der Waals surface area contributed by atoms with Crippen LogP contribution in [0.1, 0.15) is 90.2 Å². The predicted molar refractivity (Wildman–Crippen MR) is 153 cm³/mol. The minimum atomic E-state index is -0.843. The molecule has 8 nitrogen and oxygen atoms in total. The Labute approximate surface area is 229 Å². The Morgan fingerprint density at radius 3 is 1.11 bits per heavy atom. The highest BCUT2D eigenvalue weighted by molar-refractivity contribution is 6.01. The number of amides is 4. The maximum atomic E-state index is 12.9. The van der Waals surface area contributed by atoms with Crippen LogP contribution in [-0.2, 0) is 32.0 Å². The molecule has 0 heterocycles. The lowest BCUT2D eigenvalue weighted by Crippen LogP contribution is -2.43. The Balaban J connectivity index is 3.05. The van der Waals surface area contributed by atoms with Gasteiger partial charge in [-0.15, -0.1) is 0 Å². The van der Waals surface area contributed by atoms with Gasteiger partial charge in [-0.3, -0.25) is 19.2 Å². The summed E-state index contributed by atoms with van der Waals surface area (Å²) >= 11 is 0. The number of hydrogen-bond donors (Lipinski definition) is 4. The Hall–Kier alpha value is -2.90. The van der Waals surface area contributed by atoms with Crippen molar-refractivity contribution in [3.8, 4) is 0 Å². The third-order valence-electron chi connectivity index (χ3n) is 6.46. The molecule has 0 unspecified atom stereocenters. The summed E-state index contributed by atoms with van der Waals surface area (Å²) in [5, 5.41) is 11.6. The molecule has 4 N–H and O–H groups in total. The number of carbonyl (C=O) groups excluding carboxylic acids is 4. The predicted octanol–water partition coefficient (Wildman–Crippen LogP) is 3.67. The summed E-state index contributed by atoms with van der Waals surface area (Å²) in [6.07, 6.45) is 7.73. The average Bonchev–Trinajstić information content (AvgIpc) is 2.90. The molecule has 1 aromatic rings. The summed E-state index contributed by atoms with van der Waals surface area (Å²) < 4.78 is 0. The largest absolute Gasteiger partial charge is 0.355 e. The van der Waals surface area contributed by atoms with Gasteiger partial charge in [0, 0.05) is 26.2 Å². The summed E-state index contributed by atoms with van der Waals surface area (Å²) in [7, 11) is 0. The van der Waals surface area contributed by atoms with E-state index in [-0.39, 0.29) is 36.5 Å². The summed E-state index contributed by atoms with van der Waals surface area (Å²) in [6, 6.07) is 7.52. The van der Waals surface area contributed by atoms with E-state index in [1.807, 2.05) is 52.0 Å². The zero-order chi connectivity index (χ0) is 28.2. The SMILES string of the molecule is CCCCNC(=O)C(Cc1cccc(CC(C(=O)NCCCC)C(=O)NCCCC)c1)C(=O)NCCCC. The Kier molecular flexibility index (Phi) is 17.5. The number of nitrogens with one attached hydrogen (secondary N) is 4. The fourth-order valence-corrected chi connectivity index (χ4v) is 4.01. The first-order valence-corrected chi connectivity index (χ1v) is 14.6. The molecule has 0 atom stereocenters. The molecule has 214 valence electrons. The number of benzene rings is 1. The van der Waals surface area contributed by atoms with E-state index in [4.69, 9.17) is 0 Å². The lowest BCUT2D eigenvalue weighted by molar-refractivity contribution is -0.136. The van der Waals surface area contributed by atoms with Gasteiger partial charge in [0.1, 0.15) is 11.8 Å². The van der Waals surface area contributed by atoms with E-state index in [0.29, 0.717) is 26.2 Å². The van der Waals surface area contributed by atoms with E-state index < -0.39 is 11.8 Å². The maximum Gasteiger partial charge on any atom is 0.232 e. The Morgan fingerprint density at radius 2 is 0.842 bits per heavy atom. The molecule has 0 aliphatic heterocycles. The molecule has 0 fully saturated rings. The van der Waals surface area contributed by atoms with Crippen molar-refractivity contribution in [1.82, 2.24) is 21.3 Å². The van der Waals surface area contributed by atoms with Gasteiger partial charge in [-0.25, -0.2) is 0 Å². The average molecular weight is 531 g/mol. The van der Waals surface area contributed by atoms with Crippen LogP contribution < -0.4 is 21.3 Å². The van der Waals surface area contributed by atoms with Gasteiger partial charge in [0.2, 0.25) is 23.6 Å². The normalized spacial score (nSPS) is 10.9. The topological polar surface area (TPSA) is 116 Å². The fourth-order valence-electron chi connectivity index (χ4n) is 4.01. The van der Waals surface area contributed by atoms with Gasteiger partial charge >= 0.3 is 0 Å². The van der Waals surface area contributed by atoms with Crippen LogP contribution in [0.4, 0.5) is 0 Å². The smallest absolute Gasteiger partial charge is 0.232 e. The van der Waals surface area contributed by atoms with Crippen LogP contribution in [0, 0.1) is 11.8 Å². The number of carbonyl (C=O) groups is 4. The van der Waals surface area contributed by atoms with Crippen LogP contribution >= 0.6 is 0 Å². The fraction of sp³-hybridized carbons (Fsp3) is 0.667. The first kappa shape index (κ1) is 33.1. The number of rotatable bonds is 20. The molecule has 0 saturated heterocycles. The minimum Gasteiger partial charge on any atom is -0.355 e. The van der Waals surface area contributed by atoms with Gasteiger partial charge in [0.15, 0.2) is 0 Å². The molecule has 1 rings (SSSR count). The second kappa shape index (κ2) is 20.1. The van der Waals surface area contributed by atoms with Crippen molar-refractivity contribution in [3.05, 3.63) is 35.4 Å². The lowest BCUT2D eigenvalue weighted by atomic mass is 9.92. The molecule has 0 aliphatic carbocycles. The molecule has 4 amide bonds. The molecule has 0 spiro atoms. The lowest BCUT2D eigenvalue weighted by Gasteiger charge is -2.19. The first-order chi connectivity index (χ1) is 18.4. The van der Waals surface area contributed by atoms with Gasteiger partial charge in [-0.05, 0) is 49.7 Å². The van der Waals surface area contributed by atoms with Gasteiger partial charge in [-0.1, -0.05) is 77.6 Å². The Morgan fingerprint density at radius 1 is 0.553 bits per heavy atom.